The number of benzene rings is 1. The van der Waals surface area contributed by atoms with Crippen LogP contribution >= 0.6 is 0 Å². The van der Waals surface area contributed by atoms with Crippen LogP contribution in [-0.2, 0) is 9.47 Å². The highest BCUT2D eigenvalue weighted by atomic mass is 16.6. The van der Waals surface area contributed by atoms with Crippen molar-refractivity contribution in [2.75, 3.05) is 24.3 Å². The van der Waals surface area contributed by atoms with E-state index in [9.17, 15) is 14.4 Å². The number of nitrogens with two attached hydrogens (primary N) is 1. The third kappa shape index (κ3) is 6.33. The molecule has 3 aromatic rings. The largest absolute Gasteiger partial charge is 0.461 e. The van der Waals surface area contributed by atoms with Gasteiger partial charge in [0.25, 0.3) is 5.91 Å². The third-order valence-corrected chi connectivity index (χ3v) is 6.07. The van der Waals surface area contributed by atoms with Crippen molar-refractivity contribution in [1.29, 1.82) is 0 Å². The van der Waals surface area contributed by atoms with Crippen LogP contribution < -0.4 is 11.2 Å². The van der Waals surface area contributed by atoms with Gasteiger partial charge in [0, 0.05) is 23.9 Å². The minimum Gasteiger partial charge on any atom is -0.461 e. The summed E-state index contributed by atoms with van der Waals surface area (Å²) in [5, 5.41) is 10.3. The number of piperidine rings is 1. The Labute approximate surface area is 226 Å². The summed E-state index contributed by atoms with van der Waals surface area (Å²) in [5.41, 5.74) is 0.608. The Hall–Kier alpha value is -4.48. The fraction of sp³-hybridized carbons (Fsp3) is 0.407. The van der Waals surface area contributed by atoms with E-state index in [1.807, 2.05) is 20.8 Å². The van der Waals surface area contributed by atoms with E-state index in [-0.39, 0.29) is 18.2 Å². The number of carbonyl (C=O) groups excluding carboxylic acids is 3. The summed E-state index contributed by atoms with van der Waals surface area (Å²) < 4.78 is 12.1. The molecule has 1 fully saturated rings. The number of anilines is 1. The van der Waals surface area contributed by atoms with Crippen LogP contribution in [0, 0.1) is 0 Å². The predicted molar refractivity (Wildman–Crippen MR) is 143 cm³/mol. The van der Waals surface area contributed by atoms with Gasteiger partial charge in [0.2, 0.25) is 0 Å². The summed E-state index contributed by atoms with van der Waals surface area (Å²) >= 11 is 0. The topological polar surface area (TPSA) is 155 Å². The lowest BCUT2D eigenvalue weighted by Crippen LogP contribution is -2.43. The van der Waals surface area contributed by atoms with Crippen molar-refractivity contribution in [2.24, 2.45) is 0 Å². The number of ether oxygens (including phenoxy) is 2. The maximum atomic E-state index is 13.0. The molecular weight excluding hydrogens is 502 g/mol. The second-order valence-electron chi connectivity index (χ2n) is 10.1. The molecule has 4 rings (SSSR count). The number of nitrogen functional groups attached to an aromatic ring is 1. The summed E-state index contributed by atoms with van der Waals surface area (Å²) in [5.74, 6) is 6.12. The molecule has 0 bridgehead atoms. The number of hydrogen-bond acceptors (Lipinski definition) is 9. The average Bonchev–Trinajstić information content (AvgIpc) is 3.25. The van der Waals surface area contributed by atoms with Crippen LogP contribution in [0.2, 0.25) is 0 Å². The second-order valence-corrected chi connectivity index (χ2v) is 10.1. The number of nitrogens with zero attached hydrogens (tertiary/aromatic N) is 5. The third-order valence-electron chi connectivity index (χ3n) is 6.07. The molecule has 1 aliphatic heterocycles. The lowest BCUT2D eigenvalue weighted by molar-refractivity contribution is 0.00820. The van der Waals surface area contributed by atoms with Crippen molar-refractivity contribution >= 4 is 23.8 Å². The number of amides is 2. The van der Waals surface area contributed by atoms with Gasteiger partial charge in [-0.1, -0.05) is 12.1 Å². The van der Waals surface area contributed by atoms with Crippen LogP contribution in [0.4, 0.5) is 10.6 Å². The van der Waals surface area contributed by atoms with Crippen molar-refractivity contribution in [3.8, 4) is 11.3 Å². The molecular formula is C27H33N7O5. The van der Waals surface area contributed by atoms with E-state index >= 15 is 0 Å². The molecule has 206 valence electrons. The van der Waals surface area contributed by atoms with Crippen LogP contribution in [0.25, 0.3) is 11.3 Å². The number of imidazole rings is 1. The average molecular weight is 536 g/mol. The van der Waals surface area contributed by atoms with Crippen molar-refractivity contribution in [3.05, 3.63) is 59.7 Å². The number of aromatic nitrogens is 4. The van der Waals surface area contributed by atoms with Crippen LogP contribution in [0.5, 0.6) is 0 Å². The van der Waals surface area contributed by atoms with E-state index < -0.39 is 23.7 Å². The Morgan fingerprint density at radius 3 is 2.51 bits per heavy atom. The first-order chi connectivity index (χ1) is 18.6. The molecule has 0 spiro atoms. The molecule has 1 aromatic carbocycles. The Kier molecular flexibility index (Phi) is 8.12. The maximum Gasteiger partial charge on any atom is 0.410 e. The van der Waals surface area contributed by atoms with Gasteiger partial charge in [0.05, 0.1) is 12.6 Å². The van der Waals surface area contributed by atoms with E-state index in [2.05, 4.69) is 15.5 Å². The Morgan fingerprint density at radius 1 is 1.13 bits per heavy atom. The van der Waals surface area contributed by atoms with Crippen molar-refractivity contribution < 1.29 is 23.9 Å². The van der Waals surface area contributed by atoms with E-state index in [1.54, 1.807) is 48.2 Å². The standard InChI is InChI=1S/C27H33N7O5/c1-5-38-25(36)22-21(17-11-13-18(14-12-17)24(35)30-20-10-8-15-29-32-20)31-23(34(22)28)19-9-6-7-16-33(19)26(37)39-27(2,3)4/h8,10-15,19H,5-7,9,16,28H2,1-4H3,(H,30,32,35)/t19-/m0/s1. The molecule has 39 heavy (non-hydrogen) atoms. The first-order valence-corrected chi connectivity index (χ1v) is 12.8. The van der Waals surface area contributed by atoms with Gasteiger partial charge in [-0.3, -0.25) is 9.69 Å². The molecule has 1 saturated heterocycles. The minimum absolute atomic E-state index is 0.0540. The molecule has 3 heterocycles. The first kappa shape index (κ1) is 27.6. The molecule has 12 heteroatoms. The zero-order valence-corrected chi connectivity index (χ0v) is 22.5. The molecule has 0 saturated carbocycles. The molecule has 0 unspecified atom stereocenters. The van der Waals surface area contributed by atoms with Crippen molar-refractivity contribution in [2.45, 2.75) is 58.6 Å². The lowest BCUT2D eigenvalue weighted by Gasteiger charge is -2.36. The Bertz CT molecular complexity index is 1330. The highest BCUT2D eigenvalue weighted by Gasteiger charge is 2.36. The lowest BCUT2D eigenvalue weighted by atomic mass is 10.0. The summed E-state index contributed by atoms with van der Waals surface area (Å²) in [6.45, 7) is 7.75. The molecule has 1 atom stereocenters. The number of carbonyl (C=O) groups is 3. The maximum absolute atomic E-state index is 13.0. The fourth-order valence-corrected chi connectivity index (χ4v) is 4.36. The molecule has 12 nitrogen and oxygen atoms in total. The molecule has 0 radical (unpaired) electrons. The van der Waals surface area contributed by atoms with Gasteiger partial charge in [-0.15, -0.1) is 5.10 Å². The van der Waals surface area contributed by atoms with Gasteiger partial charge < -0.3 is 20.6 Å². The predicted octanol–water partition coefficient (Wildman–Crippen LogP) is 3.95. The Balaban J connectivity index is 1.68. The van der Waals surface area contributed by atoms with E-state index in [4.69, 9.17) is 20.3 Å². The fourth-order valence-electron chi connectivity index (χ4n) is 4.36. The number of rotatable bonds is 6. The highest BCUT2D eigenvalue weighted by molar-refractivity contribution is 6.04. The number of hydrogen-bond donors (Lipinski definition) is 2. The van der Waals surface area contributed by atoms with E-state index in [0.29, 0.717) is 41.4 Å². The van der Waals surface area contributed by atoms with Crippen LogP contribution in [-0.4, -0.2) is 61.5 Å². The number of esters is 1. The molecule has 3 N–H and O–H groups in total. The summed E-state index contributed by atoms with van der Waals surface area (Å²) in [4.78, 5) is 45.0. The smallest absolute Gasteiger partial charge is 0.410 e. The van der Waals surface area contributed by atoms with Gasteiger partial charge in [0.1, 0.15) is 11.3 Å². The molecule has 0 aliphatic carbocycles. The summed E-state index contributed by atoms with van der Waals surface area (Å²) in [7, 11) is 0. The molecule has 2 aromatic heterocycles. The van der Waals surface area contributed by atoms with Crippen LogP contribution in [0.3, 0.4) is 0 Å². The normalized spacial score (nSPS) is 15.5. The second kappa shape index (κ2) is 11.5. The number of nitrogens with one attached hydrogen (secondary N) is 1. The van der Waals surface area contributed by atoms with Crippen molar-refractivity contribution in [1.82, 2.24) is 24.8 Å². The van der Waals surface area contributed by atoms with E-state index in [1.165, 1.54) is 10.9 Å². The molecule has 1 aliphatic rings. The highest BCUT2D eigenvalue weighted by Crippen LogP contribution is 2.34. The van der Waals surface area contributed by atoms with Gasteiger partial charge in [0.15, 0.2) is 17.3 Å². The van der Waals surface area contributed by atoms with Gasteiger partial charge in [-0.05, 0) is 71.2 Å². The molecule has 2 amide bonds. The van der Waals surface area contributed by atoms with Gasteiger partial charge >= 0.3 is 12.1 Å². The first-order valence-electron chi connectivity index (χ1n) is 12.8. The van der Waals surface area contributed by atoms with Gasteiger partial charge in [-0.2, -0.15) is 5.10 Å². The summed E-state index contributed by atoms with van der Waals surface area (Å²) in [6, 6.07) is 9.38. The van der Waals surface area contributed by atoms with Crippen molar-refractivity contribution in [3.63, 3.8) is 0 Å². The van der Waals surface area contributed by atoms with E-state index in [0.717, 1.165) is 12.8 Å². The minimum atomic E-state index is -0.667. The van der Waals surface area contributed by atoms with Crippen LogP contribution in [0.15, 0.2) is 42.6 Å². The summed E-state index contributed by atoms with van der Waals surface area (Å²) in [6.07, 6.45) is 3.33. The Morgan fingerprint density at radius 2 is 1.87 bits per heavy atom. The quantitative estimate of drug-likeness (QED) is 0.353. The monoisotopic (exact) mass is 535 g/mol. The zero-order valence-electron chi connectivity index (χ0n) is 22.5. The number of likely N-dealkylation sites (tertiary alicyclic amines) is 1. The van der Waals surface area contributed by atoms with Gasteiger partial charge in [-0.25, -0.2) is 19.2 Å². The zero-order chi connectivity index (χ0) is 28.2. The van der Waals surface area contributed by atoms with Crippen LogP contribution in [0.1, 0.15) is 79.7 Å². The SMILES string of the molecule is CCOC(=O)c1c(-c2ccc(C(=O)Nc3cccnn3)cc2)nc([C@@H]2CCCCN2C(=O)OC(C)(C)C)n1N.